The average Bonchev–Trinajstić information content (AvgIpc) is 3.28. The summed E-state index contributed by atoms with van der Waals surface area (Å²) in [5.74, 6) is -1.95. The molecule has 6 rings (SSSR count). The van der Waals surface area contributed by atoms with Gasteiger partial charge >= 0.3 is 17.9 Å². The minimum atomic E-state index is -1.34. The Morgan fingerprint density at radius 2 is 1.85 bits per heavy atom. The molecule has 2 aliphatic heterocycles. The van der Waals surface area contributed by atoms with Crippen LogP contribution < -0.4 is 4.74 Å². The summed E-state index contributed by atoms with van der Waals surface area (Å²) in [6.45, 7) is 3.34. The van der Waals surface area contributed by atoms with Crippen LogP contribution in [0.3, 0.4) is 0 Å². The van der Waals surface area contributed by atoms with Crippen LogP contribution in [0, 0.1) is 0 Å². The molecule has 1 spiro atoms. The van der Waals surface area contributed by atoms with Crippen LogP contribution in [0.15, 0.2) is 54.3 Å². The van der Waals surface area contributed by atoms with E-state index in [4.69, 9.17) is 18.9 Å². The van der Waals surface area contributed by atoms with Crippen molar-refractivity contribution in [1.82, 2.24) is 4.90 Å². The summed E-state index contributed by atoms with van der Waals surface area (Å²) in [6.07, 6.45) is 0.293. The molecule has 10 heteroatoms. The highest BCUT2D eigenvalue weighted by molar-refractivity contribution is 5.84. The standard InChI is InChI=1S/C31H33NO9/c1-17(38-29(36)25(39-18(2)33)19-8-5-4-6-9-19)28(35)40-22-12-14-31(37)23-16-20-10-11-21(34)26-24(20)30(31,27(22)41-26)13-7-15-32(23)3/h4-6,8-12,17,23,25,27,34,37H,7,13-16H2,1-3H3/t17-,23+,25-,27-,30-,31+/m0/s1. The van der Waals surface area contributed by atoms with E-state index < -0.39 is 47.2 Å². The Hall–Kier alpha value is -3.89. The Kier molecular flexibility index (Phi) is 6.58. The molecule has 2 N–H and O–H groups in total. The summed E-state index contributed by atoms with van der Waals surface area (Å²) in [7, 11) is 2.01. The van der Waals surface area contributed by atoms with E-state index in [1.54, 1.807) is 42.5 Å². The Labute approximate surface area is 237 Å². The maximum absolute atomic E-state index is 13.3. The van der Waals surface area contributed by atoms with Crippen LogP contribution in [0.2, 0.25) is 0 Å². The normalized spacial score (nSPS) is 29.1. The second kappa shape index (κ2) is 9.88. The van der Waals surface area contributed by atoms with E-state index in [0.29, 0.717) is 24.2 Å². The first-order chi connectivity index (χ1) is 19.6. The number of benzene rings is 2. The molecular formula is C31H33NO9. The maximum atomic E-state index is 13.3. The summed E-state index contributed by atoms with van der Waals surface area (Å²) in [5, 5.41) is 23.1. The van der Waals surface area contributed by atoms with Crippen molar-refractivity contribution in [2.75, 3.05) is 13.6 Å². The minimum Gasteiger partial charge on any atom is -0.504 e. The summed E-state index contributed by atoms with van der Waals surface area (Å²) < 4.78 is 22.7. The second-order valence-corrected chi connectivity index (χ2v) is 11.4. The van der Waals surface area contributed by atoms with Gasteiger partial charge in [-0.1, -0.05) is 36.4 Å². The lowest BCUT2D eigenvalue weighted by atomic mass is 9.52. The van der Waals surface area contributed by atoms with Crippen molar-refractivity contribution < 1.29 is 43.5 Å². The van der Waals surface area contributed by atoms with Crippen LogP contribution in [0.4, 0.5) is 0 Å². The van der Waals surface area contributed by atoms with Gasteiger partial charge in [0, 0.05) is 30.5 Å². The van der Waals surface area contributed by atoms with Crippen molar-refractivity contribution in [2.24, 2.45) is 0 Å². The quantitative estimate of drug-likeness (QED) is 0.400. The number of esters is 3. The number of carbonyl (C=O) groups is 3. The molecule has 2 heterocycles. The Morgan fingerprint density at radius 1 is 1.10 bits per heavy atom. The third kappa shape index (κ3) is 4.11. The number of aliphatic hydroxyl groups is 1. The summed E-state index contributed by atoms with van der Waals surface area (Å²) in [5.41, 5.74) is 0.0400. The molecule has 41 heavy (non-hydrogen) atoms. The number of aromatic hydroxyl groups is 1. The van der Waals surface area contributed by atoms with E-state index in [2.05, 4.69) is 4.90 Å². The number of likely N-dealkylation sites (tertiary alicyclic amines) is 1. The van der Waals surface area contributed by atoms with Crippen LogP contribution in [0.25, 0.3) is 0 Å². The molecule has 10 nitrogen and oxygen atoms in total. The van der Waals surface area contributed by atoms with Gasteiger partial charge in [0.05, 0.1) is 11.0 Å². The largest absolute Gasteiger partial charge is 0.504 e. The summed E-state index contributed by atoms with van der Waals surface area (Å²) >= 11 is 0. The number of rotatable bonds is 6. The zero-order chi connectivity index (χ0) is 29.1. The minimum absolute atomic E-state index is 0.0312. The van der Waals surface area contributed by atoms with Crippen LogP contribution in [0.1, 0.15) is 55.9 Å². The van der Waals surface area contributed by atoms with Gasteiger partial charge in [0.1, 0.15) is 5.76 Å². The maximum Gasteiger partial charge on any atom is 0.353 e. The number of hydrogen-bond donors (Lipinski definition) is 2. The Morgan fingerprint density at radius 3 is 2.59 bits per heavy atom. The number of phenolic OH excluding ortho intramolecular Hbond substituents is 1. The number of likely N-dealkylation sites (N-methyl/N-ethyl adjacent to an activating group) is 1. The molecule has 6 atom stereocenters. The molecule has 4 aliphatic rings. The zero-order valence-electron chi connectivity index (χ0n) is 23.2. The highest BCUT2D eigenvalue weighted by Crippen LogP contribution is 2.64. The number of hydrogen-bond acceptors (Lipinski definition) is 10. The first-order valence-electron chi connectivity index (χ1n) is 13.9. The fraction of sp³-hybridized carbons (Fsp3) is 0.452. The Bertz CT molecular complexity index is 1440. The lowest BCUT2D eigenvalue weighted by Crippen LogP contribution is -2.69. The molecule has 0 aromatic heterocycles. The van der Waals surface area contributed by atoms with Crippen LogP contribution in [0.5, 0.6) is 11.5 Å². The molecule has 2 aromatic carbocycles. The predicted octanol–water partition coefficient (Wildman–Crippen LogP) is 2.84. The molecule has 0 unspecified atom stereocenters. The number of carbonyl (C=O) groups excluding carboxylic acids is 3. The molecule has 2 bridgehead atoms. The van der Waals surface area contributed by atoms with E-state index in [0.717, 1.165) is 24.1 Å². The van der Waals surface area contributed by atoms with Gasteiger partial charge < -0.3 is 34.1 Å². The van der Waals surface area contributed by atoms with Crippen LogP contribution in [-0.4, -0.2) is 70.5 Å². The lowest BCUT2D eigenvalue weighted by molar-refractivity contribution is -0.178. The van der Waals surface area contributed by atoms with Gasteiger partial charge in [0.25, 0.3) is 0 Å². The second-order valence-electron chi connectivity index (χ2n) is 11.4. The first kappa shape index (κ1) is 27.3. The predicted molar refractivity (Wildman–Crippen MR) is 144 cm³/mol. The molecular weight excluding hydrogens is 530 g/mol. The van der Waals surface area contributed by atoms with Gasteiger partial charge in [-0.25, -0.2) is 9.59 Å². The highest BCUT2D eigenvalue weighted by Gasteiger charge is 2.71. The van der Waals surface area contributed by atoms with Crippen molar-refractivity contribution in [3.8, 4) is 11.5 Å². The fourth-order valence-electron chi connectivity index (χ4n) is 7.22. The van der Waals surface area contributed by atoms with Crippen LogP contribution in [-0.2, 0) is 40.4 Å². The molecule has 2 aromatic rings. The average molecular weight is 564 g/mol. The fourth-order valence-corrected chi connectivity index (χ4v) is 7.22. The number of ether oxygens (including phenoxy) is 4. The number of phenols is 1. The lowest BCUT2D eigenvalue weighted by Gasteiger charge is -2.56. The molecule has 0 amide bonds. The summed E-state index contributed by atoms with van der Waals surface area (Å²) in [6, 6.07) is 11.7. The van der Waals surface area contributed by atoms with E-state index in [-0.39, 0.29) is 24.0 Å². The highest BCUT2D eigenvalue weighted by atomic mass is 16.6. The summed E-state index contributed by atoms with van der Waals surface area (Å²) in [4.78, 5) is 40.1. The van der Waals surface area contributed by atoms with Gasteiger partial charge in [0.15, 0.2) is 23.7 Å². The molecule has 2 aliphatic carbocycles. The first-order valence-corrected chi connectivity index (χ1v) is 13.9. The SMILES string of the molecule is CC(=O)O[C@H](C(=O)O[C@@H](C)C(=O)OC1=CC[C@@]2(O)[C@H]3Cc4ccc(O)c5c4[C@@]2(CCCN3C)[C@H]1O5)c1ccccc1. The monoisotopic (exact) mass is 563 g/mol. The molecule has 216 valence electrons. The third-order valence-electron chi connectivity index (χ3n) is 9.02. The van der Waals surface area contributed by atoms with Gasteiger partial charge in [-0.15, -0.1) is 0 Å². The van der Waals surface area contributed by atoms with Crippen molar-refractivity contribution in [3.63, 3.8) is 0 Å². The van der Waals surface area contributed by atoms with E-state index >= 15 is 0 Å². The van der Waals surface area contributed by atoms with Crippen molar-refractivity contribution in [2.45, 2.75) is 74.9 Å². The topological polar surface area (TPSA) is 132 Å². The van der Waals surface area contributed by atoms with Gasteiger partial charge in [-0.05, 0) is 57.5 Å². The van der Waals surface area contributed by atoms with Crippen molar-refractivity contribution in [1.29, 1.82) is 0 Å². The van der Waals surface area contributed by atoms with Crippen molar-refractivity contribution in [3.05, 3.63) is 71.0 Å². The molecule has 1 fully saturated rings. The van der Waals surface area contributed by atoms with E-state index in [9.17, 15) is 24.6 Å². The third-order valence-corrected chi connectivity index (χ3v) is 9.02. The van der Waals surface area contributed by atoms with Gasteiger partial charge in [-0.3, -0.25) is 4.79 Å². The molecule has 1 saturated heterocycles. The van der Waals surface area contributed by atoms with E-state index in [1.807, 2.05) is 13.1 Å². The Balaban J connectivity index is 1.27. The smallest absolute Gasteiger partial charge is 0.353 e. The zero-order valence-corrected chi connectivity index (χ0v) is 23.2. The van der Waals surface area contributed by atoms with Gasteiger partial charge in [0.2, 0.25) is 6.10 Å². The van der Waals surface area contributed by atoms with Gasteiger partial charge in [-0.2, -0.15) is 0 Å². The number of nitrogens with zero attached hydrogens (tertiary/aromatic N) is 1. The molecule has 0 saturated carbocycles. The van der Waals surface area contributed by atoms with Crippen molar-refractivity contribution >= 4 is 17.9 Å². The molecule has 0 radical (unpaired) electrons. The van der Waals surface area contributed by atoms with E-state index in [1.165, 1.54) is 13.8 Å². The van der Waals surface area contributed by atoms with Crippen LogP contribution >= 0.6 is 0 Å².